The molecule has 100 valence electrons. The Hall–Kier alpha value is -1.69. The summed E-state index contributed by atoms with van der Waals surface area (Å²) in [5, 5.41) is 0. The topological polar surface area (TPSA) is 31.2 Å². The van der Waals surface area contributed by atoms with Crippen molar-refractivity contribution >= 4 is 15.9 Å². The number of benzene rings is 1. The van der Waals surface area contributed by atoms with Crippen molar-refractivity contribution in [3.05, 3.63) is 62.5 Å². The fourth-order valence-corrected chi connectivity index (χ4v) is 2.16. The van der Waals surface area contributed by atoms with Crippen LogP contribution < -0.4 is 10.3 Å². The van der Waals surface area contributed by atoms with Crippen LogP contribution in [-0.2, 0) is 6.54 Å². The highest BCUT2D eigenvalue weighted by Gasteiger charge is 2.08. The van der Waals surface area contributed by atoms with Gasteiger partial charge in [0.25, 0.3) is 5.56 Å². The second kappa shape index (κ2) is 5.52. The van der Waals surface area contributed by atoms with E-state index in [4.69, 9.17) is 4.74 Å². The Morgan fingerprint density at radius 2 is 2.05 bits per heavy atom. The second-order valence-corrected chi connectivity index (χ2v) is 4.75. The Bertz CT molecular complexity index is 670. The lowest BCUT2D eigenvalue weighted by atomic mass is 10.2. The molecule has 0 N–H and O–H groups in total. The predicted molar refractivity (Wildman–Crippen MR) is 70.4 cm³/mol. The van der Waals surface area contributed by atoms with E-state index in [0.717, 1.165) is 12.1 Å². The van der Waals surface area contributed by atoms with Crippen molar-refractivity contribution in [3.8, 4) is 5.75 Å². The van der Waals surface area contributed by atoms with Crippen molar-refractivity contribution in [2.45, 2.75) is 6.54 Å². The minimum Gasteiger partial charge on any atom is -0.495 e. The van der Waals surface area contributed by atoms with Crippen molar-refractivity contribution in [1.29, 1.82) is 0 Å². The van der Waals surface area contributed by atoms with Crippen molar-refractivity contribution in [1.82, 2.24) is 4.57 Å². The minimum atomic E-state index is -0.682. The third-order valence-electron chi connectivity index (χ3n) is 2.62. The average Bonchev–Trinajstić information content (AvgIpc) is 2.36. The number of methoxy groups -OCH3 is 1. The van der Waals surface area contributed by atoms with E-state index in [-0.39, 0.29) is 17.7 Å². The van der Waals surface area contributed by atoms with E-state index < -0.39 is 11.6 Å². The van der Waals surface area contributed by atoms with Crippen LogP contribution in [0.2, 0.25) is 0 Å². The summed E-state index contributed by atoms with van der Waals surface area (Å²) in [4.78, 5) is 11.8. The Morgan fingerprint density at radius 1 is 1.32 bits per heavy atom. The molecule has 3 nitrogen and oxygen atoms in total. The van der Waals surface area contributed by atoms with E-state index in [1.54, 1.807) is 0 Å². The highest BCUT2D eigenvalue weighted by atomic mass is 79.9. The van der Waals surface area contributed by atoms with Crippen LogP contribution in [0.15, 0.2) is 39.7 Å². The molecule has 0 radical (unpaired) electrons. The number of halogens is 3. The zero-order valence-corrected chi connectivity index (χ0v) is 11.6. The molecule has 0 unspecified atom stereocenters. The summed E-state index contributed by atoms with van der Waals surface area (Å²) in [6.07, 6.45) is 1.50. The number of hydrogen-bond donors (Lipinski definition) is 0. The second-order valence-electron chi connectivity index (χ2n) is 3.89. The van der Waals surface area contributed by atoms with Gasteiger partial charge in [-0.25, -0.2) is 8.78 Å². The molecular weight excluding hydrogens is 320 g/mol. The van der Waals surface area contributed by atoms with Gasteiger partial charge in [0.05, 0.1) is 18.1 Å². The molecule has 1 aromatic heterocycles. The number of aromatic nitrogens is 1. The molecular formula is C13H10BrF2NO2. The van der Waals surface area contributed by atoms with E-state index in [1.807, 2.05) is 0 Å². The minimum absolute atomic E-state index is 0.0214. The molecule has 19 heavy (non-hydrogen) atoms. The number of hydrogen-bond acceptors (Lipinski definition) is 2. The van der Waals surface area contributed by atoms with Gasteiger partial charge >= 0.3 is 0 Å². The molecule has 2 rings (SSSR count). The molecule has 0 amide bonds. The van der Waals surface area contributed by atoms with Crippen molar-refractivity contribution in [3.63, 3.8) is 0 Å². The van der Waals surface area contributed by atoms with Crippen molar-refractivity contribution in [2.24, 2.45) is 0 Å². The first-order valence-electron chi connectivity index (χ1n) is 5.39. The lowest BCUT2D eigenvalue weighted by molar-refractivity contribution is 0.409. The smallest absolute Gasteiger partial charge is 0.254 e. The SMILES string of the molecule is COc1cc(=O)n(Cc2ccc(F)cc2F)cc1Br. The van der Waals surface area contributed by atoms with Gasteiger partial charge in [-0.2, -0.15) is 0 Å². The first-order chi connectivity index (χ1) is 9.01. The summed E-state index contributed by atoms with van der Waals surface area (Å²) in [6, 6.07) is 4.56. The molecule has 0 saturated heterocycles. The average molecular weight is 330 g/mol. The van der Waals surface area contributed by atoms with Gasteiger partial charge in [0.2, 0.25) is 0 Å². The van der Waals surface area contributed by atoms with Crippen LogP contribution in [-0.4, -0.2) is 11.7 Å². The van der Waals surface area contributed by atoms with Crippen LogP contribution in [0.5, 0.6) is 5.75 Å². The molecule has 2 aromatic rings. The van der Waals surface area contributed by atoms with Gasteiger partial charge in [0.1, 0.15) is 17.4 Å². The Labute approximate surface area is 116 Å². The Balaban J connectivity index is 2.38. The molecule has 0 spiro atoms. The predicted octanol–water partition coefficient (Wildman–Crippen LogP) is 2.95. The molecule has 0 aliphatic rings. The van der Waals surface area contributed by atoms with Crippen LogP contribution in [0.1, 0.15) is 5.56 Å². The summed E-state index contributed by atoms with van der Waals surface area (Å²) < 4.78 is 33.2. The van der Waals surface area contributed by atoms with Gasteiger partial charge in [0, 0.05) is 23.9 Å². The maximum atomic E-state index is 13.5. The zero-order valence-electron chi connectivity index (χ0n) is 9.99. The monoisotopic (exact) mass is 329 g/mol. The Morgan fingerprint density at radius 3 is 2.68 bits per heavy atom. The lowest BCUT2D eigenvalue weighted by Crippen LogP contribution is -2.20. The molecule has 6 heteroatoms. The highest BCUT2D eigenvalue weighted by molar-refractivity contribution is 9.10. The largest absolute Gasteiger partial charge is 0.495 e. The molecule has 0 fully saturated rings. The van der Waals surface area contributed by atoms with Gasteiger partial charge < -0.3 is 9.30 Å². The zero-order chi connectivity index (χ0) is 14.0. The standard InChI is InChI=1S/C13H10BrF2NO2/c1-19-12-5-13(18)17(7-10(12)14)6-8-2-3-9(15)4-11(8)16/h2-5,7H,6H2,1H3. The van der Waals surface area contributed by atoms with Gasteiger partial charge in [-0.3, -0.25) is 4.79 Å². The summed E-state index contributed by atoms with van der Waals surface area (Å²) in [6.45, 7) is 0.0214. The van der Waals surface area contributed by atoms with Crippen LogP contribution >= 0.6 is 15.9 Å². The fourth-order valence-electron chi connectivity index (χ4n) is 1.64. The lowest BCUT2D eigenvalue weighted by Gasteiger charge is -2.09. The molecule has 0 bridgehead atoms. The molecule has 0 saturated carbocycles. The molecule has 1 heterocycles. The number of rotatable bonds is 3. The van der Waals surface area contributed by atoms with E-state index in [0.29, 0.717) is 10.2 Å². The number of ether oxygens (including phenoxy) is 1. The molecule has 0 aliphatic carbocycles. The normalized spacial score (nSPS) is 10.5. The number of pyridine rings is 1. The summed E-state index contributed by atoms with van der Waals surface area (Å²) >= 11 is 3.25. The van der Waals surface area contributed by atoms with E-state index in [9.17, 15) is 13.6 Å². The van der Waals surface area contributed by atoms with Crippen molar-refractivity contribution < 1.29 is 13.5 Å². The maximum Gasteiger partial charge on any atom is 0.254 e. The van der Waals surface area contributed by atoms with E-state index in [2.05, 4.69) is 15.9 Å². The third kappa shape index (κ3) is 3.01. The number of nitrogens with zero attached hydrogens (tertiary/aromatic N) is 1. The van der Waals surface area contributed by atoms with E-state index in [1.165, 1.54) is 30.0 Å². The van der Waals surface area contributed by atoms with Gasteiger partial charge in [-0.1, -0.05) is 6.07 Å². The van der Waals surface area contributed by atoms with E-state index >= 15 is 0 Å². The molecule has 0 aliphatic heterocycles. The summed E-state index contributed by atoms with van der Waals surface area (Å²) in [7, 11) is 1.45. The first kappa shape index (κ1) is 13.7. The van der Waals surface area contributed by atoms with Crippen LogP contribution in [0.4, 0.5) is 8.78 Å². The van der Waals surface area contributed by atoms with Crippen LogP contribution in [0.3, 0.4) is 0 Å². The van der Waals surface area contributed by atoms with Gasteiger partial charge in [-0.05, 0) is 22.0 Å². The third-order valence-corrected chi connectivity index (χ3v) is 3.21. The van der Waals surface area contributed by atoms with Crippen LogP contribution in [0.25, 0.3) is 0 Å². The summed E-state index contributed by atoms with van der Waals surface area (Å²) in [5.41, 5.74) is -0.0932. The van der Waals surface area contributed by atoms with Crippen molar-refractivity contribution in [2.75, 3.05) is 7.11 Å². The Kier molecular flexibility index (Phi) is 3.99. The van der Waals surface area contributed by atoms with Gasteiger partial charge in [0.15, 0.2) is 0 Å². The summed E-state index contributed by atoms with van der Waals surface area (Å²) in [5.74, 6) is -0.927. The quantitative estimate of drug-likeness (QED) is 0.866. The van der Waals surface area contributed by atoms with Crippen LogP contribution in [0, 0.1) is 11.6 Å². The maximum absolute atomic E-state index is 13.5. The molecule has 1 aromatic carbocycles. The fraction of sp³-hybridized carbons (Fsp3) is 0.154. The van der Waals surface area contributed by atoms with Gasteiger partial charge in [-0.15, -0.1) is 0 Å². The molecule has 0 atom stereocenters. The first-order valence-corrected chi connectivity index (χ1v) is 6.18. The highest BCUT2D eigenvalue weighted by Crippen LogP contribution is 2.22.